The molecule has 8 heteroatoms. The maximum atomic E-state index is 12.9. The lowest BCUT2D eigenvalue weighted by Crippen LogP contribution is -2.44. The Morgan fingerprint density at radius 1 is 1.17 bits per heavy atom. The molecule has 0 saturated carbocycles. The van der Waals surface area contributed by atoms with E-state index in [1.165, 1.54) is 16.9 Å². The molecule has 158 valence electrons. The van der Waals surface area contributed by atoms with Crippen LogP contribution in [-0.4, -0.2) is 67.5 Å². The highest BCUT2D eigenvalue weighted by molar-refractivity contribution is 6.31. The third-order valence-corrected chi connectivity index (χ3v) is 5.12. The van der Waals surface area contributed by atoms with Crippen molar-refractivity contribution in [2.24, 2.45) is 0 Å². The summed E-state index contributed by atoms with van der Waals surface area (Å²) in [7, 11) is 1.53. The standard InChI is InChI=1S/C22H24ClN3O4/c1-16-6-8-19(9-7-16)26-15-25(14-21(26)28)20(27)13-24(10-11-30-2)22(29)17-4-3-5-18(23)12-17/h3-9,12H,10-11,13-15H2,1-2H3. The van der Waals surface area contributed by atoms with E-state index in [1.807, 2.05) is 31.2 Å². The fourth-order valence-corrected chi connectivity index (χ4v) is 3.38. The SMILES string of the molecule is COCCN(CC(=O)N1CC(=O)N(c2ccc(C)cc2)C1)C(=O)c1cccc(Cl)c1. The third-order valence-electron chi connectivity index (χ3n) is 4.89. The molecule has 2 aromatic rings. The van der Waals surface area contributed by atoms with Gasteiger partial charge < -0.3 is 14.5 Å². The molecule has 7 nitrogen and oxygen atoms in total. The van der Waals surface area contributed by atoms with Crippen molar-refractivity contribution >= 4 is 35.0 Å². The normalized spacial score (nSPS) is 13.6. The van der Waals surface area contributed by atoms with Crippen LogP contribution >= 0.6 is 11.6 Å². The number of aryl methyl sites for hydroxylation is 1. The van der Waals surface area contributed by atoms with Crippen LogP contribution in [0, 0.1) is 6.92 Å². The fourth-order valence-electron chi connectivity index (χ4n) is 3.19. The van der Waals surface area contributed by atoms with Gasteiger partial charge >= 0.3 is 0 Å². The highest BCUT2D eigenvalue weighted by Crippen LogP contribution is 2.20. The highest BCUT2D eigenvalue weighted by atomic mass is 35.5. The van der Waals surface area contributed by atoms with E-state index in [0.29, 0.717) is 10.6 Å². The number of anilines is 1. The molecule has 1 fully saturated rings. The number of nitrogens with zero attached hydrogens (tertiary/aromatic N) is 3. The number of carbonyl (C=O) groups excluding carboxylic acids is 3. The molecule has 1 aliphatic rings. The second-order valence-corrected chi connectivity index (χ2v) is 7.56. The van der Waals surface area contributed by atoms with Gasteiger partial charge in [0.15, 0.2) is 0 Å². The van der Waals surface area contributed by atoms with Gasteiger partial charge in [0.25, 0.3) is 5.91 Å². The van der Waals surface area contributed by atoms with Crippen molar-refractivity contribution in [2.45, 2.75) is 6.92 Å². The summed E-state index contributed by atoms with van der Waals surface area (Å²) in [5.74, 6) is -0.773. The van der Waals surface area contributed by atoms with Crippen LogP contribution in [0.4, 0.5) is 5.69 Å². The lowest BCUT2D eigenvalue weighted by molar-refractivity contribution is -0.132. The molecule has 30 heavy (non-hydrogen) atoms. The van der Waals surface area contributed by atoms with Crippen molar-refractivity contribution in [1.82, 2.24) is 9.80 Å². The highest BCUT2D eigenvalue weighted by Gasteiger charge is 2.33. The largest absolute Gasteiger partial charge is 0.383 e. The Balaban J connectivity index is 1.70. The molecule has 1 saturated heterocycles. The molecular formula is C22H24ClN3O4. The molecule has 0 atom stereocenters. The topological polar surface area (TPSA) is 70.2 Å². The summed E-state index contributed by atoms with van der Waals surface area (Å²) in [6, 6.07) is 14.1. The molecular weight excluding hydrogens is 406 g/mol. The van der Waals surface area contributed by atoms with E-state index in [9.17, 15) is 14.4 Å². The van der Waals surface area contributed by atoms with Crippen molar-refractivity contribution < 1.29 is 19.1 Å². The van der Waals surface area contributed by atoms with Gasteiger partial charge in [-0.1, -0.05) is 35.4 Å². The summed E-state index contributed by atoms with van der Waals surface area (Å²) in [5, 5.41) is 0.442. The van der Waals surface area contributed by atoms with Gasteiger partial charge in [0.05, 0.1) is 6.61 Å². The van der Waals surface area contributed by atoms with E-state index < -0.39 is 0 Å². The van der Waals surface area contributed by atoms with E-state index in [1.54, 1.807) is 29.2 Å². The molecule has 3 rings (SSSR count). The molecule has 0 bridgehead atoms. The first kappa shape index (κ1) is 21.8. The number of rotatable bonds is 7. The molecule has 1 aliphatic heterocycles. The summed E-state index contributed by atoms with van der Waals surface area (Å²) in [6.45, 7) is 2.49. The lowest BCUT2D eigenvalue weighted by atomic mass is 10.2. The van der Waals surface area contributed by atoms with Gasteiger partial charge in [-0.05, 0) is 37.3 Å². The summed E-state index contributed by atoms with van der Waals surface area (Å²) in [4.78, 5) is 42.7. The number of carbonyl (C=O) groups is 3. The van der Waals surface area contributed by atoms with Gasteiger partial charge in [0.1, 0.15) is 19.8 Å². The van der Waals surface area contributed by atoms with Crippen LogP contribution in [0.1, 0.15) is 15.9 Å². The Kier molecular flexibility index (Phi) is 7.07. The first-order valence-electron chi connectivity index (χ1n) is 9.57. The number of benzene rings is 2. The van der Waals surface area contributed by atoms with Gasteiger partial charge in [0.2, 0.25) is 11.8 Å². The predicted molar refractivity (Wildman–Crippen MR) is 114 cm³/mol. The monoisotopic (exact) mass is 429 g/mol. The van der Waals surface area contributed by atoms with Gasteiger partial charge in [-0.25, -0.2) is 0 Å². The number of amides is 3. The van der Waals surface area contributed by atoms with Crippen LogP contribution < -0.4 is 4.90 Å². The van der Waals surface area contributed by atoms with Crippen LogP contribution in [0.3, 0.4) is 0 Å². The average molecular weight is 430 g/mol. The Labute approximate surface area is 180 Å². The third kappa shape index (κ3) is 5.17. The summed E-state index contributed by atoms with van der Waals surface area (Å²) in [5.41, 5.74) is 2.23. The zero-order valence-electron chi connectivity index (χ0n) is 17.0. The smallest absolute Gasteiger partial charge is 0.254 e. The fraction of sp³-hybridized carbons (Fsp3) is 0.318. The molecule has 0 aromatic heterocycles. The summed E-state index contributed by atoms with van der Waals surface area (Å²) >= 11 is 5.99. The maximum Gasteiger partial charge on any atom is 0.254 e. The number of ether oxygens (including phenoxy) is 1. The predicted octanol–water partition coefficient (Wildman–Crippen LogP) is 2.57. The van der Waals surface area contributed by atoms with Crippen molar-refractivity contribution in [3.05, 3.63) is 64.7 Å². The molecule has 2 aromatic carbocycles. The van der Waals surface area contributed by atoms with Crippen LogP contribution in [0.2, 0.25) is 5.02 Å². The van der Waals surface area contributed by atoms with E-state index in [2.05, 4.69) is 0 Å². The van der Waals surface area contributed by atoms with Gasteiger partial charge in [-0.15, -0.1) is 0 Å². The second-order valence-electron chi connectivity index (χ2n) is 7.12. The Morgan fingerprint density at radius 3 is 2.57 bits per heavy atom. The molecule has 3 amide bonds. The molecule has 0 aliphatic carbocycles. The molecule has 0 N–H and O–H groups in total. The Bertz CT molecular complexity index is 932. The summed E-state index contributed by atoms with van der Waals surface area (Å²) < 4.78 is 5.08. The van der Waals surface area contributed by atoms with E-state index >= 15 is 0 Å². The van der Waals surface area contributed by atoms with Crippen molar-refractivity contribution in [3.8, 4) is 0 Å². The van der Waals surface area contributed by atoms with Gasteiger partial charge in [-0.2, -0.15) is 0 Å². The zero-order chi connectivity index (χ0) is 21.7. The van der Waals surface area contributed by atoms with Crippen LogP contribution in [0.25, 0.3) is 0 Å². The van der Waals surface area contributed by atoms with E-state index in [-0.39, 0.29) is 50.6 Å². The average Bonchev–Trinajstić information content (AvgIpc) is 3.13. The van der Waals surface area contributed by atoms with Crippen LogP contribution in [0.15, 0.2) is 48.5 Å². The number of methoxy groups -OCH3 is 1. The molecule has 0 unspecified atom stereocenters. The zero-order valence-corrected chi connectivity index (χ0v) is 17.8. The minimum atomic E-state index is -0.316. The van der Waals surface area contributed by atoms with Gasteiger partial charge in [-0.3, -0.25) is 19.3 Å². The Hall–Kier alpha value is -2.90. The molecule has 0 radical (unpaired) electrons. The van der Waals surface area contributed by atoms with Crippen molar-refractivity contribution in [2.75, 3.05) is 44.9 Å². The number of halogens is 1. The minimum absolute atomic E-state index is 0.0177. The van der Waals surface area contributed by atoms with Crippen molar-refractivity contribution in [1.29, 1.82) is 0 Å². The number of hydrogen-bond donors (Lipinski definition) is 0. The van der Waals surface area contributed by atoms with Crippen molar-refractivity contribution in [3.63, 3.8) is 0 Å². The van der Waals surface area contributed by atoms with E-state index in [4.69, 9.17) is 16.3 Å². The quantitative estimate of drug-likeness (QED) is 0.678. The molecule has 1 heterocycles. The maximum absolute atomic E-state index is 12.9. The summed E-state index contributed by atoms with van der Waals surface area (Å²) in [6.07, 6.45) is 0. The molecule has 0 spiro atoms. The minimum Gasteiger partial charge on any atom is -0.383 e. The van der Waals surface area contributed by atoms with Crippen LogP contribution in [0.5, 0.6) is 0 Å². The Morgan fingerprint density at radius 2 is 1.90 bits per heavy atom. The van der Waals surface area contributed by atoms with E-state index in [0.717, 1.165) is 11.3 Å². The second kappa shape index (κ2) is 9.73. The first-order valence-corrected chi connectivity index (χ1v) is 9.95. The lowest BCUT2D eigenvalue weighted by Gasteiger charge is -2.25. The first-order chi connectivity index (χ1) is 14.4. The van der Waals surface area contributed by atoms with Gasteiger partial charge in [0, 0.05) is 29.9 Å². The van der Waals surface area contributed by atoms with Crippen LogP contribution in [-0.2, 0) is 14.3 Å². The number of hydrogen-bond acceptors (Lipinski definition) is 4.